The van der Waals surface area contributed by atoms with E-state index in [9.17, 15) is 14.9 Å². The van der Waals surface area contributed by atoms with Crippen LogP contribution in [0.4, 0.5) is 11.4 Å². The molecular weight excluding hydrogens is 456 g/mol. The van der Waals surface area contributed by atoms with Crippen LogP contribution in [-0.2, 0) is 4.74 Å². The van der Waals surface area contributed by atoms with Gasteiger partial charge in [0, 0.05) is 34.6 Å². The second-order valence-corrected chi connectivity index (χ2v) is 7.51. The third-order valence-electron chi connectivity index (χ3n) is 4.63. The van der Waals surface area contributed by atoms with Gasteiger partial charge in [0.05, 0.1) is 24.4 Å². The van der Waals surface area contributed by atoms with Gasteiger partial charge in [-0.05, 0) is 30.3 Å². The Morgan fingerprint density at radius 1 is 1.20 bits per heavy atom. The van der Waals surface area contributed by atoms with Crippen molar-refractivity contribution in [3.63, 3.8) is 0 Å². The van der Waals surface area contributed by atoms with Gasteiger partial charge in [-0.1, -0.05) is 22.0 Å². The van der Waals surface area contributed by atoms with Crippen LogP contribution < -0.4 is 10.3 Å². The Morgan fingerprint density at radius 3 is 2.77 bits per heavy atom. The lowest BCUT2D eigenvalue weighted by molar-refractivity contribution is -0.384. The molecular formula is C20H17BrN4O5. The maximum atomic E-state index is 12.3. The summed E-state index contributed by atoms with van der Waals surface area (Å²) in [6.07, 6.45) is 1.35. The van der Waals surface area contributed by atoms with Gasteiger partial charge < -0.3 is 14.1 Å². The SMILES string of the molecule is O=C(N/N=C\c1ccc(N2CCOCC2)c([N+](=O)[O-])c1)c1cc2cc(Br)ccc2o1. The molecule has 1 fully saturated rings. The Morgan fingerprint density at radius 2 is 2.00 bits per heavy atom. The van der Waals surface area contributed by atoms with Crippen molar-refractivity contribution in [1.82, 2.24) is 5.43 Å². The highest BCUT2D eigenvalue weighted by Gasteiger charge is 2.21. The van der Waals surface area contributed by atoms with E-state index in [1.54, 1.807) is 24.3 Å². The van der Waals surface area contributed by atoms with Crippen LogP contribution in [-0.4, -0.2) is 43.3 Å². The van der Waals surface area contributed by atoms with Crippen LogP contribution in [0.2, 0.25) is 0 Å². The number of hydrogen-bond donors (Lipinski definition) is 1. The maximum Gasteiger partial charge on any atom is 0.307 e. The number of nitro groups is 1. The summed E-state index contributed by atoms with van der Waals surface area (Å²) in [5, 5.41) is 16.2. The number of hydrazone groups is 1. The number of hydrogen-bond acceptors (Lipinski definition) is 7. The minimum absolute atomic E-state index is 0.0185. The molecule has 154 valence electrons. The number of nitrogens with zero attached hydrogens (tertiary/aromatic N) is 3. The van der Waals surface area contributed by atoms with Crippen LogP contribution in [0.25, 0.3) is 11.0 Å². The predicted molar refractivity (Wildman–Crippen MR) is 115 cm³/mol. The maximum absolute atomic E-state index is 12.3. The van der Waals surface area contributed by atoms with Crippen LogP contribution in [0, 0.1) is 10.1 Å². The molecule has 10 heteroatoms. The van der Waals surface area contributed by atoms with Crippen LogP contribution >= 0.6 is 15.9 Å². The van der Waals surface area contributed by atoms with Crippen molar-refractivity contribution in [1.29, 1.82) is 0 Å². The summed E-state index contributed by atoms with van der Waals surface area (Å²) in [6, 6.07) is 11.9. The summed E-state index contributed by atoms with van der Waals surface area (Å²) in [7, 11) is 0. The third-order valence-corrected chi connectivity index (χ3v) is 5.12. The third kappa shape index (κ3) is 4.34. The van der Waals surface area contributed by atoms with Gasteiger partial charge in [-0.25, -0.2) is 5.43 Å². The molecule has 1 amide bonds. The number of benzene rings is 2. The molecule has 2 aromatic carbocycles. The first kappa shape index (κ1) is 20.0. The number of nitrogens with one attached hydrogen (secondary N) is 1. The molecule has 1 aromatic heterocycles. The summed E-state index contributed by atoms with van der Waals surface area (Å²) >= 11 is 3.37. The first-order valence-electron chi connectivity index (χ1n) is 9.15. The molecule has 0 atom stereocenters. The number of furan rings is 1. The Labute approximate surface area is 179 Å². The van der Waals surface area contributed by atoms with Gasteiger partial charge in [0.15, 0.2) is 5.76 Å². The van der Waals surface area contributed by atoms with Gasteiger partial charge in [0.2, 0.25) is 0 Å². The number of carbonyl (C=O) groups is 1. The Kier molecular flexibility index (Phi) is 5.77. The molecule has 0 spiro atoms. The average molecular weight is 473 g/mol. The van der Waals surface area contributed by atoms with Crippen molar-refractivity contribution in [3.05, 3.63) is 68.4 Å². The van der Waals surface area contributed by atoms with E-state index in [0.717, 1.165) is 9.86 Å². The molecule has 30 heavy (non-hydrogen) atoms. The van der Waals surface area contributed by atoms with E-state index in [4.69, 9.17) is 9.15 Å². The zero-order valence-electron chi connectivity index (χ0n) is 15.7. The molecule has 0 bridgehead atoms. The first-order valence-corrected chi connectivity index (χ1v) is 9.94. The molecule has 0 aliphatic carbocycles. The van der Waals surface area contributed by atoms with Gasteiger partial charge in [-0.15, -0.1) is 0 Å². The highest BCUT2D eigenvalue weighted by atomic mass is 79.9. The van der Waals surface area contributed by atoms with E-state index in [2.05, 4.69) is 26.5 Å². The molecule has 3 aromatic rings. The van der Waals surface area contributed by atoms with Crippen molar-refractivity contribution in [2.24, 2.45) is 5.10 Å². The highest BCUT2D eigenvalue weighted by molar-refractivity contribution is 9.10. The Balaban J connectivity index is 1.48. The predicted octanol–water partition coefficient (Wildman–Crippen LogP) is 3.70. The van der Waals surface area contributed by atoms with E-state index >= 15 is 0 Å². The van der Waals surface area contributed by atoms with E-state index in [1.807, 2.05) is 17.0 Å². The topological polar surface area (TPSA) is 110 Å². The number of anilines is 1. The van der Waals surface area contributed by atoms with Crippen molar-refractivity contribution in [2.75, 3.05) is 31.2 Å². The monoisotopic (exact) mass is 472 g/mol. The largest absolute Gasteiger partial charge is 0.451 e. The smallest absolute Gasteiger partial charge is 0.307 e. The standard InChI is InChI=1S/C20H17BrN4O5/c21-15-2-4-18-14(10-15)11-19(30-18)20(26)23-22-12-13-1-3-16(17(9-13)25(27)28)24-5-7-29-8-6-24/h1-4,9-12H,5-8H2,(H,23,26)/b22-12-. The molecule has 0 radical (unpaired) electrons. The zero-order valence-corrected chi connectivity index (χ0v) is 17.3. The molecule has 0 saturated carbocycles. The summed E-state index contributed by atoms with van der Waals surface area (Å²) in [6.45, 7) is 2.26. The fourth-order valence-electron chi connectivity index (χ4n) is 3.19. The molecule has 1 saturated heterocycles. The quantitative estimate of drug-likeness (QED) is 0.344. The lowest BCUT2D eigenvalue weighted by Crippen LogP contribution is -2.36. The number of rotatable bonds is 5. The summed E-state index contributed by atoms with van der Waals surface area (Å²) < 4.78 is 11.7. The number of carbonyl (C=O) groups excluding carboxylic acids is 1. The normalized spacial score (nSPS) is 14.4. The molecule has 4 rings (SSSR count). The Hall–Kier alpha value is -3.24. The fraction of sp³-hybridized carbons (Fsp3) is 0.200. The summed E-state index contributed by atoms with van der Waals surface area (Å²) in [4.78, 5) is 25.3. The second-order valence-electron chi connectivity index (χ2n) is 6.60. The molecule has 1 aliphatic heterocycles. The summed E-state index contributed by atoms with van der Waals surface area (Å²) in [5.41, 5.74) is 3.98. The number of halogens is 1. The minimum atomic E-state index is -0.516. The van der Waals surface area contributed by atoms with E-state index in [0.29, 0.717) is 43.1 Å². The van der Waals surface area contributed by atoms with Gasteiger partial charge in [0.1, 0.15) is 11.3 Å². The van der Waals surface area contributed by atoms with Gasteiger partial charge in [0.25, 0.3) is 5.69 Å². The van der Waals surface area contributed by atoms with Crippen LogP contribution in [0.1, 0.15) is 16.1 Å². The lowest BCUT2D eigenvalue weighted by atomic mass is 10.1. The van der Waals surface area contributed by atoms with Gasteiger partial charge in [-0.3, -0.25) is 14.9 Å². The van der Waals surface area contributed by atoms with Crippen molar-refractivity contribution < 1.29 is 18.9 Å². The first-order chi connectivity index (χ1) is 14.5. The molecule has 0 unspecified atom stereocenters. The molecule has 9 nitrogen and oxygen atoms in total. The van der Waals surface area contributed by atoms with Gasteiger partial charge in [-0.2, -0.15) is 5.10 Å². The van der Waals surface area contributed by atoms with E-state index < -0.39 is 10.8 Å². The molecule has 1 N–H and O–H groups in total. The lowest BCUT2D eigenvalue weighted by Gasteiger charge is -2.28. The van der Waals surface area contributed by atoms with E-state index in [1.165, 1.54) is 12.3 Å². The number of ether oxygens (including phenoxy) is 1. The van der Waals surface area contributed by atoms with Crippen molar-refractivity contribution in [3.8, 4) is 0 Å². The molecule has 2 heterocycles. The zero-order chi connectivity index (χ0) is 21.1. The highest BCUT2D eigenvalue weighted by Crippen LogP contribution is 2.29. The molecule has 1 aliphatic rings. The minimum Gasteiger partial charge on any atom is -0.451 e. The van der Waals surface area contributed by atoms with E-state index in [-0.39, 0.29) is 11.4 Å². The second kappa shape index (κ2) is 8.64. The number of amides is 1. The fourth-order valence-corrected chi connectivity index (χ4v) is 3.56. The number of fused-ring (bicyclic) bond motifs is 1. The van der Waals surface area contributed by atoms with Crippen molar-refractivity contribution in [2.45, 2.75) is 0 Å². The van der Waals surface area contributed by atoms with Crippen LogP contribution in [0.3, 0.4) is 0 Å². The number of nitro benzene ring substituents is 1. The summed E-state index contributed by atoms with van der Waals surface area (Å²) in [5.74, 6) is -0.396. The number of morpholine rings is 1. The average Bonchev–Trinajstić information content (AvgIpc) is 3.17. The van der Waals surface area contributed by atoms with Crippen LogP contribution in [0.15, 0.2) is 56.5 Å². The van der Waals surface area contributed by atoms with Crippen LogP contribution in [0.5, 0.6) is 0 Å². The van der Waals surface area contributed by atoms with Gasteiger partial charge >= 0.3 is 5.91 Å². The Bertz CT molecular complexity index is 1140. The van der Waals surface area contributed by atoms with Crippen molar-refractivity contribution >= 4 is 50.4 Å².